The predicted octanol–water partition coefficient (Wildman–Crippen LogP) is 1.84. The van der Waals surface area contributed by atoms with Crippen molar-refractivity contribution in [3.8, 4) is 0 Å². The molecule has 0 aromatic carbocycles. The molecule has 1 fully saturated rings. The molecule has 0 aromatic heterocycles. The van der Waals surface area contributed by atoms with Crippen LogP contribution in [0.3, 0.4) is 0 Å². The molecular weight excluding hydrogens is 156 g/mol. The van der Waals surface area contributed by atoms with E-state index in [0.29, 0.717) is 12.7 Å². The Bertz CT molecular complexity index is 133. The number of hydrogen-bond acceptors (Lipinski definition) is 3. The van der Waals surface area contributed by atoms with Crippen LogP contribution in [-0.2, 0) is 14.2 Å². The van der Waals surface area contributed by atoms with E-state index in [-0.39, 0.29) is 0 Å². The van der Waals surface area contributed by atoms with Gasteiger partial charge in [-0.1, -0.05) is 19.7 Å². The molecule has 0 N–H and O–H groups in total. The fourth-order valence-electron chi connectivity index (χ4n) is 0.408. The normalized spacial score (nSPS) is 17.8. The van der Waals surface area contributed by atoms with Crippen molar-refractivity contribution < 1.29 is 14.2 Å². The van der Waals surface area contributed by atoms with Gasteiger partial charge in [0.25, 0.3) is 0 Å². The van der Waals surface area contributed by atoms with Crippen molar-refractivity contribution in [2.24, 2.45) is 0 Å². The smallest absolute Gasteiger partial charge is 0.116 e. The van der Waals surface area contributed by atoms with Crippen LogP contribution in [0, 0.1) is 0 Å². The Labute approximate surface area is 72.9 Å². The Morgan fingerprint density at radius 3 is 2.08 bits per heavy atom. The number of rotatable bonds is 5. The molecule has 3 heteroatoms. The van der Waals surface area contributed by atoms with E-state index in [4.69, 9.17) is 9.47 Å². The van der Waals surface area contributed by atoms with Gasteiger partial charge in [-0.25, -0.2) is 0 Å². The Morgan fingerprint density at radius 2 is 1.83 bits per heavy atom. The summed E-state index contributed by atoms with van der Waals surface area (Å²) in [7, 11) is 0. The van der Waals surface area contributed by atoms with E-state index < -0.39 is 0 Å². The molecule has 1 aliphatic rings. The van der Waals surface area contributed by atoms with Gasteiger partial charge in [0.05, 0.1) is 25.4 Å². The van der Waals surface area contributed by atoms with Gasteiger partial charge in [0.2, 0.25) is 0 Å². The molecule has 0 amide bonds. The van der Waals surface area contributed by atoms with E-state index in [1.54, 1.807) is 0 Å². The lowest BCUT2D eigenvalue weighted by atomic mass is 10.5. The Hall–Kier alpha value is -1.22. The molecule has 1 heterocycles. The van der Waals surface area contributed by atoms with Crippen LogP contribution in [0.2, 0.25) is 0 Å². The zero-order valence-electron chi connectivity index (χ0n) is 7.07. The Morgan fingerprint density at radius 1 is 1.25 bits per heavy atom. The molecule has 1 unspecified atom stereocenters. The minimum absolute atomic E-state index is 0.359. The van der Waals surface area contributed by atoms with Gasteiger partial charge in [0, 0.05) is 0 Å². The van der Waals surface area contributed by atoms with E-state index in [2.05, 4.69) is 24.5 Å². The van der Waals surface area contributed by atoms with Crippen LogP contribution in [0.5, 0.6) is 0 Å². The minimum Gasteiger partial charge on any atom is -0.499 e. The van der Waals surface area contributed by atoms with Crippen molar-refractivity contribution in [1.29, 1.82) is 0 Å². The highest BCUT2D eigenvalue weighted by Crippen LogP contribution is 2.07. The summed E-state index contributed by atoms with van der Waals surface area (Å²) in [5.74, 6) is 0. The summed E-state index contributed by atoms with van der Waals surface area (Å²) in [5, 5.41) is 0. The second-order valence-electron chi connectivity index (χ2n) is 1.92. The molecule has 0 bridgehead atoms. The average Bonchev–Trinajstić information content (AvgIpc) is 2.87. The van der Waals surface area contributed by atoms with Crippen LogP contribution in [0.4, 0.5) is 0 Å². The number of hydrogen-bond donors (Lipinski definition) is 0. The zero-order valence-corrected chi connectivity index (χ0v) is 7.07. The van der Waals surface area contributed by atoms with E-state index in [1.165, 1.54) is 18.8 Å². The van der Waals surface area contributed by atoms with Crippen LogP contribution in [0.1, 0.15) is 0 Å². The second kappa shape index (κ2) is 7.88. The lowest BCUT2D eigenvalue weighted by molar-refractivity contribution is 0.213. The Kier molecular flexibility index (Phi) is 7.08. The predicted molar refractivity (Wildman–Crippen MR) is 47.4 cm³/mol. The Balaban J connectivity index is 0.000000217. The molecule has 0 saturated carbocycles. The van der Waals surface area contributed by atoms with E-state index >= 15 is 0 Å². The SMILES string of the molecule is C=COC=C.C=COCC1CO1. The summed E-state index contributed by atoms with van der Waals surface area (Å²) in [6, 6.07) is 0. The fraction of sp³-hybridized carbons (Fsp3) is 0.333. The first-order valence-electron chi connectivity index (χ1n) is 3.56. The summed E-state index contributed by atoms with van der Waals surface area (Å²) in [4.78, 5) is 0. The van der Waals surface area contributed by atoms with Gasteiger partial charge in [-0.05, 0) is 0 Å². The van der Waals surface area contributed by atoms with E-state index in [9.17, 15) is 0 Å². The molecule has 1 saturated heterocycles. The summed E-state index contributed by atoms with van der Waals surface area (Å²) in [6.45, 7) is 11.4. The van der Waals surface area contributed by atoms with Crippen molar-refractivity contribution in [1.82, 2.24) is 0 Å². The fourth-order valence-corrected chi connectivity index (χ4v) is 0.408. The highest BCUT2D eigenvalue weighted by atomic mass is 16.6. The first-order chi connectivity index (χ1) is 5.85. The summed E-state index contributed by atoms with van der Waals surface area (Å²) < 4.78 is 14.0. The summed E-state index contributed by atoms with van der Waals surface area (Å²) in [5.41, 5.74) is 0. The molecule has 12 heavy (non-hydrogen) atoms. The third kappa shape index (κ3) is 8.78. The van der Waals surface area contributed by atoms with Crippen LogP contribution < -0.4 is 0 Å². The van der Waals surface area contributed by atoms with Crippen molar-refractivity contribution in [3.63, 3.8) is 0 Å². The molecule has 1 atom stereocenters. The van der Waals surface area contributed by atoms with Crippen molar-refractivity contribution in [2.75, 3.05) is 13.2 Å². The maximum atomic E-state index is 4.84. The maximum Gasteiger partial charge on any atom is 0.116 e. The highest BCUT2D eigenvalue weighted by Gasteiger charge is 2.21. The van der Waals surface area contributed by atoms with Gasteiger partial charge < -0.3 is 14.2 Å². The van der Waals surface area contributed by atoms with Crippen LogP contribution in [0.15, 0.2) is 38.5 Å². The van der Waals surface area contributed by atoms with Gasteiger partial charge in [-0.2, -0.15) is 0 Å². The molecule has 0 aliphatic carbocycles. The molecular formula is C9H14O3. The van der Waals surface area contributed by atoms with Gasteiger partial charge in [-0.15, -0.1) is 0 Å². The second-order valence-corrected chi connectivity index (χ2v) is 1.92. The molecule has 3 nitrogen and oxygen atoms in total. The average molecular weight is 170 g/mol. The van der Waals surface area contributed by atoms with Crippen molar-refractivity contribution >= 4 is 0 Å². The van der Waals surface area contributed by atoms with E-state index in [0.717, 1.165) is 6.61 Å². The standard InChI is InChI=1S/C5H8O2.C4H6O/c1-2-6-3-5-4-7-5;1-3-5-4-2/h2,5H,1,3-4H2;3-4H,1-2H2. The summed E-state index contributed by atoms with van der Waals surface area (Å²) in [6.07, 6.45) is 4.42. The van der Waals surface area contributed by atoms with Crippen molar-refractivity contribution in [2.45, 2.75) is 6.10 Å². The monoisotopic (exact) mass is 170 g/mol. The maximum absolute atomic E-state index is 4.84. The zero-order chi connectivity index (χ0) is 9.23. The number of ether oxygens (including phenoxy) is 3. The molecule has 0 aromatic rings. The highest BCUT2D eigenvalue weighted by molar-refractivity contribution is 4.68. The van der Waals surface area contributed by atoms with Gasteiger partial charge in [0.1, 0.15) is 12.7 Å². The van der Waals surface area contributed by atoms with Gasteiger partial charge in [0.15, 0.2) is 0 Å². The first kappa shape index (κ1) is 10.8. The van der Waals surface area contributed by atoms with Gasteiger partial charge in [-0.3, -0.25) is 0 Å². The van der Waals surface area contributed by atoms with Crippen LogP contribution >= 0.6 is 0 Å². The van der Waals surface area contributed by atoms with Crippen LogP contribution in [0.25, 0.3) is 0 Å². The molecule has 1 rings (SSSR count). The first-order valence-corrected chi connectivity index (χ1v) is 3.56. The summed E-state index contributed by atoms with van der Waals surface area (Å²) >= 11 is 0. The number of epoxide rings is 1. The third-order valence-corrected chi connectivity index (χ3v) is 0.995. The van der Waals surface area contributed by atoms with Crippen molar-refractivity contribution in [3.05, 3.63) is 38.5 Å². The van der Waals surface area contributed by atoms with Gasteiger partial charge >= 0.3 is 0 Å². The molecule has 0 spiro atoms. The lowest BCUT2D eigenvalue weighted by Gasteiger charge is -1.90. The quantitative estimate of drug-likeness (QED) is 0.466. The molecule has 1 aliphatic heterocycles. The molecule has 0 radical (unpaired) electrons. The lowest BCUT2D eigenvalue weighted by Crippen LogP contribution is -1.94. The third-order valence-electron chi connectivity index (χ3n) is 0.995. The van der Waals surface area contributed by atoms with E-state index in [1.807, 2.05) is 0 Å². The molecule has 68 valence electrons. The topological polar surface area (TPSA) is 31.0 Å². The minimum atomic E-state index is 0.359. The largest absolute Gasteiger partial charge is 0.499 e. The van der Waals surface area contributed by atoms with Crippen LogP contribution in [-0.4, -0.2) is 19.3 Å².